The first-order valence-electron chi connectivity index (χ1n) is 7.53. The minimum absolute atomic E-state index is 0.405. The Hall–Kier alpha value is -1.59. The van der Waals surface area contributed by atoms with Crippen molar-refractivity contribution in [3.8, 4) is 0 Å². The molecule has 6 nitrogen and oxygen atoms in total. The molecule has 1 aliphatic rings. The molecule has 0 saturated heterocycles. The van der Waals surface area contributed by atoms with Gasteiger partial charge in [0.05, 0.1) is 0 Å². The van der Waals surface area contributed by atoms with Gasteiger partial charge in [-0.3, -0.25) is 0 Å². The van der Waals surface area contributed by atoms with E-state index in [1.807, 2.05) is 7.05 Å². The van der Waals surface area contributed by atoms with E-state index in [2.05, 4.69) is 51.3 Å². The molecular weight excluding hydrogens is 252 g/mol. The van der Waals surface area contributed by atoms with Crippen molar-refractivity contribution in [1.29, 1.82) is 0 Å². The highest BCUT2D eigenvalue weighted by atomic mass is 15.3. The quantitative estimate of drug-likeness (QED) is 0.798. The lowest BCUT2D eigenvalue weighted by Crippen LogP contribution is -2.34. The molecule has 2 N–H and O–H groups in total. The molecule has 1 saturated carbocycles. The van der Waals surface area contributed by atoms with Crippen LogP contribution in [0, 0.1) is 5.41 Å². The van der Waals surface area contributed by atoms with Crippen LogP contribution in [0.3, 0.4) is 0 Å². The first-order valence-corrected chi connectivity index (χ1v) is 7.53. The summed E-state index contributed by atoms with van der Waals surface area (Å²) in [5.74, 6) is 2.01. The molecule has 0 amide bonds. The zero-order chi connectivity index (χ0) is 14.6. The minimum Gasteiger partial charge on any atom is -0.357 e. The van der Waals surface area contributed by atoms with E-state index in [0.29, 0.717) is 17.3 Å². The van der Waals surface area contributed by atoms with E-state index >= 15 is 0 Å². The second-order valence-electron chi connectivity index (χ2n) is 5.72. The van der Waals surface area contributed by atoms with Crippen molar-refractivity contribution in [2.75, 3.05) is 42.2 Å². The molecule has 0 radical (unpaired) electrons. The highest BCUT2D eigenvalue weighted by Gasteiger charge is 2.31. The maximum absolute atomic E-state index is 4.54. The molecule has 0 aliphatic heterocycles. The van der Waals surface area contributed by atoms with Crippen LogP contribution >= 0.6 is 0 Å². The number of hydrogen-bond acceptors (Lipinski definition) is 6. The molecule has 1 aromatic heterocycles. The predicted molar refractivity (Wildman–Crippen MR) is 83.4 cm³/mol. The summed E-state index contributed by atoms with van der Waals surface area (Å²) in [6, 6.07) is 0. The van der Waals surface area contributed by atoms with Gasteiger partial charge in [0.2, 0.25) is 17.8 Å². The van der Waals surface area contributed by atoms with Crippen LogP contribution in [-0.4, -0.2) is 41.6 Å². The van der Waals surface area contributed by atoms with Crippen molar-refractivity contribution in [2.24, 2.45) is 5.41 Å². The van der Waals surface area contributed by atoms with E-state index in [1.165, 1.54) is 19.3 Å². The topological polar surface area (TPSA) is 66.0 Å². The van der Waals surface area contributed by atoms with Crippen molar-refractivity contribution in [3.63, 3.8) is 0 Å². The van der Waals surface area contributed by atoms with Gasteiger partial charge in [-0.25, -0.2) is 0 Å². The molecule has 0 bridgehead atoms. The summed E-state index contributed by atoms with van der Waals surface area (Å²) in [5, 5.41) is 6.38. The van der Waals surface area contributed by atoms with Gasteiger partial charge in [-0.15, -0.1) is 0 Å². The van der Waals surface area contributed by atoms with Crippen LogP contribution in [0.2, 0.25) is 0 Å². The lowest BCUT2D eigenvalue weighted by atomic mass is 9.70. The highest BCUT2D eigenvalue weighted by molar-refractivity contribution is 5.43. The second-order valence-corrected chi connectivity index (χ2v) is 5.72. The molecule has 2 rings (SSSR count). The molecule has 1 heterocycles. The number of hydrogen-bond donors (Lipinski definition) is 2. The molecule has 0 unspecified atom stereocenters. The largest absolute Gasteiger partial charge is 0.357 e. The Labute approximate surface area is 121 Å². The number of nitrogens with one attached hydrogen (secondary N) is 2. The molecule has 112 valence electrons. The Morgan fingerprint density at radius 1 is 1.10 bits per heavy atom. The van der Waals surface area contributed by atoms with Crippen LogP contribution < -0.4 is 15.5 Å². The van der Waals surface area contributed by atoms with E-state index in [4.69, 9.17) is 0 Å². The summed E-state index contributed by atoms with van der Waals surface area (Å²) in [5.41, 5.74) is 0.405. The lowest BCUT2D eigenvalue weighted by molar-refractivity contribution is 0.179. The first-order chi connectivity index (χ1) is 9.60. The van der Waals surface area contributed by atoms with E-state index in [9.17, 15) is 0 Å². The Balaban J connectivity index is 2.12. The molecule has 0 atom stereocenters. The van der Waals surface area contributed by atoms with E-state index in [0.717, 1.165) is 25.6 Å². The fraction of sp³-hybridized carbons (Fsp3) is 0.786. The van der Waals surface area contributed by atoms with Gasteiger partial charge in [-0.05, 0) is 32.1 Å². The van der Waals surface area contributed by atoms with Crippen LogP contribution in [0.4, 0.5) is 17.8 Å². The van der Waals surface area contributed by atoms with Crippen LogP contribution in [-0.2, 0) is 0 Å². The van der Waals surface area contributed by atoms with Gasteiger partial charge in [0.1, 0.15) is 0 Å². The number of rotatable bonds is 7. The normalized spacial score (nSPS) is 16.4. The molecule has 1 aliphatic carbocycles. The maximum atomic E-state index is 4.54. The molecular formula is C14H26N6. The van der Waals surface area contributed by atoms with Crippen molar-refractivity contribution < 1.29 is 0 Å². The van der Waals surface area contributed by atoms with E-state index in [-0.39, 0.29) is 0 Å². The van der Waals surface area contributed by atoms with Gasteiger partial charge in [-0.1, -0.05) is 13.3 Å². The summed E-state index contributed by atoms with van der Waals surface area (Å²) < 4.78 is 0. The Morgan fingerprint density at radius 3 is 2.25 bits per heavy atom. The molecule has 1 aromatic rings. The molecule has 0 spiro atoms. The number of anilines is 3. The summed E-state index contributed by atoms with van der Waals surface area (Å²) in [6.07, 6.45) is 3.90. The van der Waals surface area contributed by atoms with Gasteiger partial charge in [0.25, 0.3) is 0 Å². The molecule has 1 fully saturated rings. The smallest absolute Gasteiger partial charge is 0.231 e. The monoisotopic (exact) mass is 278 g/mol. The average Bonchev–Trinajstić information content (AvgIpc) is 2.44. The molecule has 0 aromatic carbocycles. The van der Waals surface area contributed by atoms with Gasteiger partial charge in [0.15, 0.2) is 0 Å². The van der Waals surface area contributed by atoms with Crippen molar-refractivity contribution in [2.45, 2.75) is 40.0 Å². The fourth-order valence-electron chi connectivity index (χ4n) is 2.45. The predicted octanol–water partition coefficient (Wildman–Crippen LogP) is 2.36. The summed E-state index contributed by atoms with van der Waals surface area (Å²) in [7, 11) is 1.83. The van der Waals surface area contributed by atoms with Crippen LogP contribution in [0.1, 0.15) is 40.0 Å². The summed E-state index contributed by atoms with van der Waals surface area (Å²) in [6.45, 7) is 9.23. The van der Waals surface area contributed by atoms with Gasteiger partial charge in [-0.2, -0.15) is 15.0 Å². The molecule has 20 heavy (non-hydrogen) atoms. The average molecular weight is 278 g/mol. The van der Waals surface area contributed by atoms with Crippen molar-refractivity contribution >= 4 is 17.8 Å². The SMILES string of the molecule is CCN(CC)c1nc(NC)nc(NCC2(C)CCC2)n1. The van der Waals surface area contributed by atoms with Gasteiger partial charge in [0, 0.05) is 26.7 Å². The zero-order valence-corrected chi connectivity index (χ0v) is 13.0. The van der Waals surface area contributed by atoms with Crippen molar-refractivity contribution in [3.05, 3.63) is 0 Å². The van der Waals surface area contributed by atoms with Gasteiger partial charge < -0.3 is 15.5 Å². The Kier molecular flexibility index (Phi) is 4.62. The lowest BCUT2D eigenvalue weighted by Gasteiger charge is -2.38. The van der Waals surface area contributed by atoms with Crippen LogP contribution in [0.25, 0.3) is 0 Å². The second kappa shape index (κ2) is 6.24. The number of aromatic nitrogens is 3. The Morgan fingerprint density at radius 2 is 1.75 bits per heavy atom. The third-order valence-electron chi connectivity index (χ3n) is 4.13. The summed E-state index contributed by atoms with van der Waals surface area (Å²) >= 11 is 0. The maximum Gasteiger partial charge on any atom is 0.231 e. The van der Waals surface area contributed by atoms with E-state index in [1.54, 1.807) is 0 Å². The highest BCUT2D eigenvalue weighted by Crippen LogP contribution is 2.40. The summed E-state index contributed by atoms with van der Waals surface area (Å²) in [4.78, 5) is 15.5. The fourth-order valence-corrected chi connectivity index (χ4v) is 2.45. The van der Waals surface area contributed by atoms with E-state index < -0.39 is 0 Å². The van der Waals surface area contributed by atoms with Gasteiger partial charge >= 0.3 is 0 Å². The van der Waals surface area contributed by atoms with Crippen molar-refractivity contribution in [1.82, 2.24) is 15.0 Å². The van der Waals surface area contributed by atoms with Crippen LogP contribution in [0.5, 0.6) is 0 Å². The number of nitrogens with zero attached hydrogens (tertiary/aromatic N) is 4. The Bertz CT molecular complexity index is 439. The third kappa shape index (κ3) is 3.29. The standard InChI is InChI=1S/C14H26N6/c1-5-20(6-2)13-18-11(15-4)17-12(19-13)16-10-14(3)8-7-9-14/h5-10H2,1-4H3,(H2,15,16,17,18,19). The van der Waals surface area contributed by atoms with Crippen LogP contribution in [0.15, 0.2) is 0 Å². The third-order valence-corrected chi connectivity index (χ3v) is 4.13. The first kappa shape index (κ1) is 14.8. The molecule has 6 heteroatoms. The minimum atomic E-state index is 0.405. The zero-order valence-electron chi connectivity index (χ0n) is 13.0.